The number of carbonyl (C=O) groups is 5. The fourth-order valence-corrected chi connectivity index (χ4v) is 8.54. The molecule has 17 nitrogen and oxygen atoms in total. The van der Waals surface area contributed by atoms with Crippen molar-refractivity contribution in [2.75, 3.05) is 13.2 Å². The molecule has 5 heterocycles. The van der Waals surface area contributed by atoms with Gasteiger partial charge in [0, 0.05) is 58.9 Å². The maximum Gasteiger partial charge on any atom is 0.315 e. The average Bonchev–Trinajstić information content (AvgIpc) is 3.91. The van der Waals surface area contributed by atoms with E-state index >= 15 is 0 Å². The van der Waals surface area contributed by atoms with Crippen LogP contribution in [-0.4, -0.2) is 125 Å². The Bertz CT molecular complexity index is 2160. The van der Waals surface area contributed by atoms with Crippen LogP contribution < -0.4 is 5.32 Å². The molecule has 306 valence electrons. The highest BCUT2D eigenvalue weighted by molar-refractivity contribution is 6.14. The number of ether oxygens (including phenoxy) is 2. The summed E-state index contributed by atoms with van der Waals surface area (Å²) in [6.45, 7) is 10.1. The van der Waals surface area contributed by atoms with Gasteiger partial charge < -0.3 is 60.4 Å². The van der Waals surface area contributed by atoms with Gasteiger partial charge in [-0.1, -0.05) is 12.7 Å². The summed E-state index contributed by atoms with van der Waals surface area (Å²) in [6, 6.07) is -0.393. The first-order valence-corrected chi connectivity index (χ1v) is 18.7. The minimum Gasteiger partial charge on any atom is -0.481 e. The molecule has 1 fully saturated rings. The van der Waals surface area contributed by atoms with Gasteiger partial charge in [0.15, 0.2) is 18.4 Å². The second-order valence-electron chi connectivity index (χ2n) is 15.0. The second-order valence-corrected chi connectivity index (χ2v) is 15.0. The van der Waals surface area contributed by atoms with E-state index in [1.165, 1.54) is 6.08 Å². The lowest BCUT2D eigenvalue weighted by Gasteiger charge is -2.39. The minimum atomic E-state index is -1.62. The van der Waals surface area contributed by atoms with Crippen molar-refractivity contribution in [2.45, 2.75) is 102 Å². The number of ketones is 1. The minimum absolute atomic E-state index is 0.0560. The number of aromatic amines is 3. The Hall–Kier alpha value is -5.17. The second kappa shape index (κ2) is 16.4. The van der Waals surface area contributed by atoms with Crippen LogP contribution in [0.2, 0.25) is 0 Å². The van der Waals surface area contributed by atoms with Gasteiger partial charge in [0.05, 0.1) is 30.9 Å². The fourth-order valence-electron chi connectivity index (χ4n) is 8.54. The first-order valence-electron chi connectivity index (χ1n) is 18.7. The maximum atomic E-state index is 14.1. The molecule has 6 rings (SSSR count). The SMILES string of the molecule is C=CC1=C(C)C(Cc2[nH]c(C3c4[nH]c(Cc5[nH]c(C=O)c(C)c5CCO[C@@H]5O[C@H](CO)[C@@H](O)[C@H](O)[C@H]5O)c(C)c4C(=O)C3C(=O)O)c(CCC(=O)O)c2C)NC1=O. The van der Waals surface area contributed by atoms with E-state index in [1.54, 1.807) is 20.8 Å². The summed E-state index contributed by atoms with van der Waals surface area (Å²) in [6.07, 6.45) is -4.66. The van der Waals surface area contributed by atoms with Crippen LogP contribution in [0.25, 0.3) is 0 Å². The van der Waals surface area contributed by atoms with E-state index in [0.717, 1.165) is 5.57 Å². The molecule has 3 aliphatic rings. The van der Waals surface area contributed by atoms with Crippen LogP contribution >= 0.6 is 0 Å². The Balaban J connectivity index is 1.33. The molecule has 0 radical (unpaired) electrons. The van der Waals surface area contributed by atoms with E-state index in [4.69, 9.17) is 9.47 Å². The van der Waals surface area contributed by atoms with Crippen LogP contribution in [0, 0.1) is 26.7 Å². The average molecular weight is 793 g/mol. The van der Waals surface area contributed by atoms with E-state index in [2.05, 4.69) is 26.8 Å². The summed E-state index contributed by atoms with van der Waals surface area (Å²) in [5.41, 5.74) is 7.42. The molecule has 0 spiro atoms. The fraction of sp³-hybridized carbons (Fsp3) is 0.475. The zero-order valence-electron chi connectivity index (χ0n) is 32.0. The number of amides is 1. The molecule has 8 atom stereocenters. The van der Waals surface area contributed by atoms with Gasteiger partial charge in [-0.2, -0.15) is 0 Å². The Morgan fingerprint density at radius 3 is 2.19 bits per heavy atom. The molecule has 0 saturated carbocycles. The van der Waals surface area contributed by atoms with Crippen molar-refractivity contribution in [3.8, 4) is 0 Å². The zero-order chi connectivity index (χ0) is 41.6. The predicted molar refractivity (Wildman–Crippen MR) is 200 cm³/mol. The molecular formula is C40H48N4O13. The molecular weight excluding hydrogens is 744 g/mol. The van der Waals surface area contributed by atoms with Gasteiger partial charge in [-0.05, 0) is 73.9 Å². The number of fused-ring (bicyclic) bond motifs is 1. The number of carbonyl (C=O) groups excluding carboxylic acids is 3. The standard InChI is InChI=1S/C40H48N4O13/c1-6-19-15(2)23(44-38(19)53)11-22-17(4)21(7-8-28(47)48)32(42-22)30-31(39(54)55)35(50)29-18(5)24(43-33(29)30)12-25-20(16(3)26(13-45)41-25)9-10-56-40-37(52)36(51)34(49)27(14-46)57-40/h6,13,23,27,30-31,34,36-37,40-43,46,49,51-52H,1,7-12,14H2,2-5H3,(H,44,53)(H,47,48)(H,54,55)/t23?,27-,30?,31?,34-,36+,37-,40-/m1/s1. The lowest BCUT2D eigenvalue weighted by atomic mass is 9.87. The van der Waals surface area contributed by atoms with Crippen LogP contribution in [0.15, 0.2) is 23.8 Å². The molecule has 0 bridgehead atoms. The number of Topliss-reactive ketones (excluding diaryl/α,β-unsaturated/α-hetero) is 1. The van der Waals surface area contributed by atoms with Crippen LogP contribution in [0.4, 0.5) is 0 Å². The van der Waals surface area contributed by atoms with E-state index in [1.807, 2.05) is 6.92 Å². The maximum absolute atomic E-state index is 14.1. The van der Waals surface area contributed by atoms with Gasteiger partial charge in [0.25, 0.3) is 5.91 Å². The Morgan fingerprint density at radius 1 is 0.877 bits per heavy atom. The van der Waals surface area contributed by atoms with Crippen molar-refractivity contribution in [1.29, 1.82) is 0 Å². The molecule has 3 unspecified atom stereocenters. The lowest BCUT2D eigenvalue weighted by molar-refractivity contribution is -0.300. The number of aromatic nitrogens is 3. The number of carboxylic acid groups (broad SMARTS) is 2. The van der Waals surface area contributed by atoms with Gasteiger partial charge in [-0.3, -0.25) is 24.0 Å². The van der Waals surface area contributed by atoms with Gasteiger partial charge in [0.2, 0.25) is 0 Å². The third kappa shape index (κ3) is 7.42. The summed E-state index contributed by atoms with van der Waals surface area (Å²) >= 11 is 0. The van der Waals surface area contributed by atoms with Crippen LogP contribution in [0.1, 0.15) is 96.4 Å². The summed E-state index contributed by atoms with van der Waals surface area (Å²) in [5, 5.41) is 63.2. The topological polar surface area (TPSA) is 285 Å². The number of nitrogens with one attached hydrogen (secondary N) is 4. The van der Waals surface area contributed by atoms with Crippen LogP contribution in [0.5, 0.6) is 0 Å². The molecule has 1 amide bonds. The molecule has 17 heteroatoms. The highest BCUT2D eigenvalue weighted by Gasteiger charge is 2.50. The molecule has 57 heavy (non-hydrogen) atoms. The Labute approximate surface area is 326 Å². The number of H-pyrrole nitrogens is 3. The Kier molecular flexibility index (Phi) is 11.9. The van der Waals surface area contributed by atoms with E-state index < -0.39 is 72.9 Å². The monoisotopic (exact) mass is 792 g/mol. The van der Waals surface area contributed by atoms with E-state index in [0.29, 0.717) is 80.3 Å². The van der Waals surface area contributed by atoms with Crippen molar-refractivity contribution < 1.29 is 64.1 Å². The zero-order valence-corrected chi connectivity index (χ0v) is 32.0. The number of hydrogen-bond acceptors (Lipinski definition) is 11. The van der Waals surface area contributed by atoms with Gasteiger partial charge in [-0.15, -0.1) is 0 Å². The highest BCUT2D eigenvalue weighted by atomic mass is 16.7. The van der Waals surface area contributed by atoms with Gasteiger partial charge >= 0.3 is 11.9 Å². The van der Waals surface area contributed by atoms with Crippen molar-refractivity contribution in [3.05, 3.63) is 91.3 Å². The number of aliphatic carboxylic acids is 2. The van der Waals surface area contributed by atoms with E-state index in [-0.39, 0.29) is 43.8 Å². The third-order valence-electron chi connectivity index (χ3n) is 11.8. The van der Waals surface area contributed by atoms with Crippen molar-refractivity contribution in [2.24, 2.45) is 5.92 Å². The van der Waals surface area contributed by atoms with Crippen molar-refractivity contribution in [3.63, 3.8) is 0 Å². The van der Waals surface area contributed by atoms with Gasteiger partial charge in [0.1, 0.15) is 30.3 Å². The molecule has 10 N–H and O–H groups in total. The molecule has 1 aliphatic carbocycles. The molecule has 3 aromatic rings. The summed E-state index contributed by atoms with van der Waals surface area (Å²) in [4.78, 5) is 73.1. The number of aliphatic hydroxyl groups excluding tert-OH is 4. The normalized spacial score (nSPS) is 25.9. The largest absolute Gasteiger partial charge is 0.481 e. The number of rotatable bonds is 16. The Morgan fingerprint density at radius 2 is 1.58 bits per heavy atom. The first kappa shape index (κ1) is 41.5. The van der Waals surface area contributed by atoms with Crippen LogP contribution in [0.3, 0.4) is 0 Å². The first-order chi connectivity index (χ1) is 27.0. The van der Waals surface area contributed by atoms with Crippen molar-refractivity contribution in [1.82, 2.24) is 20.3 Å². The van der Waals surface area contributed by atoms with E-state index in [9.17, 15) is 54.6 Å². The number of aldehydes is 1. The predicted octanol–water partition coefficient (Wildman–Crippen LogP) is 0.948. The summed E-state index contributed by atoms with van der Waals surface area (Å²) in [7, 11) is 0. The molecule has 0 aromatic carbocycles. The third-order valence-corrected chi connectivity index (χ3v) is 11.8. The molecule has 2 aliphatic heterocycles. The number of hydrogen-bond donors (Lipinski definition) is 10. The number of aliphatic hydroxyl groups is 4. The lowest BCUT2D eigenvalue weighted by Crippen LogP contribution is -2.59. The number of carboxylic acids is 2. The summed E-state index contributed by atoms with van der Waals surface area (Å²) < 4.78 is 11.2. The van der Waals surface area contributed by atoms with Crippen LogP contribution in [-0.2, 0) is 49.5 Å². The quantitative estimate of drug-likeness (QED) is 0.0715. The van der Waals surface area contributed by atoms with Crippen molar-refractivity contribution >= 4 is 29.9 Å². The van der Waals surface area contributed by atoms with Gasteiger partial charge in [-0.25, -0.2) is 0 Å². The smallest absolute Gasteiger partial charge is 0.315 e. The molecule has 3 aromatic heterocycles. The summed E-state index contributed by atoms with van der Waals surface area (Å²) in [5.74, 6) is -5.82. The highest BCUT2D eigenvalue weighted by Crippen LogP contribution is 2.46. The molecule has 1 saturated heterocycles.